The van der Waals surface area contributed by atoms with Crippen molar-refractivity contribution in [2.24, 2.45) is 5.92 Å². The molecular weight excluding hydrogens is 282 g/mol. The highest BCUT2D eigenvalue weighted by Gasteiger charge is 2.35. The summed E-state index contributed by atoms with van der Waals surface area (Å²) in [6.45, 7) is 2.07. The van der Waals surface area contributed by atoms with E-state index in [-0.39, 0.29) is 11.8 Å². The molecule has 7 nitrogen and oxygen atoms in total. The van der Waals surface area contributed by atoms with Gasteiger partial charge in [0, 0.05) is 30.1 Å². The van der Waals surface area contributed by atoms with Crippen LogP contribution in [0, 0.1) is 5.92 Å². The molecule has 2 aliphatic rings. The van der Waals surface area contributed by atoms with Gasteiger partial charge in [-0.2, -0.15) is 0 Å². The summed E-state index contributed by atoms with van der Waals surface area (Å²) in [6, 6.07) is 3.50. The van der Waals surface area contributed by atoms with E-state index in [9.17, 15) is 4.79 Å². The number of Topliss-reactive ketones (excluding diaryl/α,β-unsaturated/α-hetero) is 1. The number of fused-ring (bicyclic) bond motifs is 1. The second-order valence-corrected chi connectivity index (χ2v) is 5.78. The summed E-state index contributed by atoms with van der Waals surface area (Å²) in [7, 11) is 0. The standard InChI is InChI=1S/C15H15N5O2/c1-8-5-10-12(11(21)6-8)13(9-3-2-4-16-7-9)18-15-14(17-10)19-22-20-15/h2-4,7-8,13H,5-6H2,1H3,(H,17,19)(H,18,20)/t8-,13-/m0/s1. The Morgan fingerprint density at radius 3 is 2.95 bits per heavy atom. The average molecular weight is 297 g/mol. The van der Waals surface area contributed by atoms with Crippen molar-refractivity contribution in [3.63, 3.8) is 0 Å². The number of carbonyl (C=O) groups excluding carboxylic acids is 1. The summed E-state index contributed by atoms with van der Waals surface area (Å²) in [6.07, 6.45) is 4.81. The molecule has 1 aliphatic heterocycles. The van der Waals surface area contributed by atoms with Gasteiger partial charge < -0.3 is 10.6 Å². The van der Waals surface area contributed by atoms with Crippen LogP contribution >= 0.6 is 0 Å². The molecule has 112 valence electrons. The normalized spacial score (nSPS) is 24.0. The van der Waals surface area contributed by atoms with Crippen LogP contribution in [0.3, 0.4) is 0 Å². The smallest absolute Gasteiger partial charge is 0.219 e. The second kappa shape index (κ2) is 4.94. The topological polar surface area (TPSA) is 92.9 Å². The molecule has 0 unspecified atom stereocenters. The Kier molecular flexibility index (Phi) is 2.92. The average Bonchev–Trinajstić information content (AvgIpc) is 2.87. The van der Waals surface area contributed by atoms with E-state index >= 15 is 0 Å². The number of aromatic nitrogens is 3. The zero-order valence-electron chi connectivity index (χ0n) is 12.0. The summed E-state index contributed by atoms with van der Waals surface area (Å²) in [5, 5.41) is 14.2. The molecule has 2 aromatic rings. The van der Waals surface area contributed by atoms with E-state index in [1.807, 2.05) is 12.1 Å². The van der Waals surface area contributed by atoms with Crippen LogP contribution in [-0.2, 0) is 4.79 Å². The zero-order valence-corrected chi connectivity index (χ0v) is 12.0. The fraction of sp³-hybridized carbons (Fsp3) is 0.333. The molecular formula is C15H15N5O2. The van der Waals surface area contributed by atoms with Crippen LogP contribution in [0.4, 0.5) is 11.6 Å². The fourth-order valence-electron chi connectivity index (χ4n) is 3.09. The molecule has 0 fully saturated rings. The highest BCUT2D eigenvalue weighted by Crippen LogP contribution is 2.40. The van der Waals surface area contributed by atoms with Gasteiger partial charge in [0.1, 0.15) is 0 Å². The lowest BCUT2D eigenvalue weighted by Gasteiger charge is -2.27. The molecule has 3 heterocycles. The largest absolute Gasteiger partial charge is 0.353 e. The van der Waals surface area contributed by atoms with E-state index in [2.05, 4.69) is 32.9 Å². The maximum atomic E-state index is 12.6. The molecule has 0 bridgehead atoms. The number of nitrogens with zero attached hydrogens (tertiary/aromatic N) is 3. The third-order valence-corrected chi connectivity index (χ3v) is 4.06. The van der Waals surface area contributed by atoms with Crippen molar-refractivity contribution in [3.05, 3.63) is 41.4 Å². The van der Waals surface area contributed by atoms with E-state index in [0.717, 1.165) is 23.3 Å². The summed E-state index contributed by atoms with van der Waals surface area (Å²) < 4.78 is 4.79. The highest BCUT2D eigenvalue weighted by molar-refractivity contribution is 6.00. The number of pyridine rings is 1. The van der Waals surface area contributed by atoms with E-state index < -0.39 is 0 Å². The maximum absolute atomic E-state index is 12.6. The number of allylic oxidation sites excluding steroid dienone is 1. The van der Waals surface area contributed by atoms with Crippen LogP contribution in [0.2, 0.25) is 0 Å². The lowest BCUT2D eigenvalue weighted by molar-refractivity contribution is -0.117. The van der Waals surface area contributed by atoms with Crippen molar-refractivity contribution in [1.82, 2.24) is 15.3 Å². The van der Waals surface area contributed by atoms with Crippen LogP contribution in [0.5, 0.6) is 0 Å². The van der Waals surface area contributed by atoms with Gasteiger partial charge in [-0.05, 0) is 34.3 Å². The zero-order chi connectivity index (χ0) is 15.1. The number of anilines is 2. The number of hydrogen-bond acceptors (Lipinski definition) is 7. The van der Waals surface area contributed by atoms with Crippen molar-refractivity contribution in [2.75, 3.05) is 10.6 Å². The molecule has 0 saturated carbocycles. The first-order valence-corrected chi connectivity index (χ1v) is 7.24. The van der Waals surface area contributed by atoms with Crippen LogP contribution in [0.15, 0.2) is 40.4 Å². The van der Waals surface area contributed by atoms with Crippen LogP contribution in [0.1, 0.15) is 31.4 Å². The fourth-order valence-corrected chi connectivity index (χ4v) is 3.09. The van der Waals surface area contributed by atoms with Gasteiger partial charge in [0.2, 0.25) is 11.6 Å². The minimum Gasteiger partial charge on any atom is -0.353 e. The summed E-state index contributed by atoms with van der Waals surface area (Å²) in [5.74, 6) is 1.46. The number of hydrogen-bond donors (Lipinski definition) is 2. The minimum atomic E-state index is -0.302. The van der Waals surface area contributed by atoms with E-state index in [1.165, 1.54) is 0 Å². The van der Waals surface area contributed by atoms with Gasteiger partial charge in [-0.1, -0.05) is 13.0 Å². The molecule has 2 aromatic heterocycles. The van der Waals surface area contributed by atoms with Crippen molar-refractivity contribution in [1.29, 1.82) is 0 Å². The number of nitrogens with one attached hydrogen (secondary N) is 2. The van der Waals surface area contributed by atoms with E-state index in [0.29, 0.717) is 24.0 Å². The maximum Gasteiger partial charge on any atom is 0.219 e. The Morgan fingerprint density at radius 1 is 1.27 bits per heavy atom. The lowest BCUT2D eigenvalue weighted by atomic mass is 9.82. The first-order chi connectivity index (χ1) is 10.7. The van der Waals surface area contributed by atoms with Crippen molar-refractivity contribution >= 4 is 17.4 Å². The monoisotopic (exact) mass is 297 g/mol. The molecule has 0 aromatic carbocycles. The highest BCUT2D eigenvalue weighted by atomic mass is 16.6. The van der Waals surface area contributed by atoms with Crippen LogP contribution in [-0.4, -0.2) is 21.1 Å². The molecule has 2 N–H and O–H groups in total. The van der Waals surface area contributed by atoms with Gasteiger partial charge in [0.25, 0.3) is 0 Å². The van der Waals surface area contributed by atoms with Gasteiger partial charge in [0.15, 0.2) is 5.78 Å². The van der Waals surface area contributed by atoms with Gasteiger partial charge in [-0.25, -0.2) is 4.63 Å². The van der Waals surface area contributed by atoms with Crippen LogP contribution < -0.4 is 10.6 Å². The lowest BCUT2D eigenvalue weighted by Crippen LogP contribution is -2.26. The summed E-state index contributed by atoms with van der Waals surface area (Å²) in [4.78, 5) is 16.8. The molecule has 22 heavy (non-hydrogen) atoms. The first-order valence-electron chi connectivity index (χ1n) is 7.24. The Labute approximate surface area is 126 Å². The molecule has 4 rings (SSSR count). The van der Waals surface area contributed by atoms with E-state index in [1.54, 1.807) is 12.4 Å². The summed E-state index contributed by atoms with van der Waals surface area (Å²) in [5.41, 5.74) is 2.54. The quantitative estimate of drug-likeness (QED) is 0.834. The molecule has 0 spiro atoms. The van der Waals surface area contributed by atoms with Crippen LogP contribution in [0.25, 0.3) is 0 Å². The van der Waals surface area contributed by atoms with Gasteiger partial charge in [-0.3, -0.25) is 9.78 Å². The van der Waals surface area contributed by atoms with Gasteiger partial charge in [0.05, 0.1) is 6.04 Å². The summed E-state index contributed by atoms with van der Waals surface area (Å²) >= 11 is 0. The first kappa shape index (κ1) is 13.0. The molecule has 1 aliphatic carbocycles. The molecule has 0 radical (unpaired) electrons. The molecule has 2 atom stereocenters. The van der Waals surface area contributed by atoms with Crippen molar-refractivity contribution in [3.8, 4) is 0 Å². The predicted octanol–water partition coefficient (Wildman–Crippen LogP) is 2.30. The Balaban J connectivity index is 1.87. The number of ketones is 1. The molecule has 0 saturated heterocycles. The third-order valence-electron chi connectivity index (χ3n) is 4.06. The number of carbonyl (C=O) groups is 1. The third kappa shape index (κ3) is 2.05. The van der Waals surface area contributed by atoms with Crippen molar-refractivity contribution in [2.45, 2.75) is 25.8 Å². The minimum absolute atomic E-state index is 0.143. The van der Waals surface area contributed by atoms with Crippen molar-refractivity contribution < 1.29 is 9.42 Å². The number of rotatable bonds is 1. The SMILES string of the molecule is C[C@@H]1CC(=O)C2=C(C1)Nc1nonc1N[C@H]2c1cccnc1. The van der Waals surface area contributed by atoms with Gasteiger partial charge in [-0.15, -0.1) is 0 Å². The van der Waals surface area contributed by atoms with Gasteiger partial charge >= 0.3 is 0 Å². The predicted molar refractivity (Wildman–Crippen MR) is 79.0 cm³/mol. The molecule has 7 heteroatoms. The van der Waals surface area contributed by atoms with E-state index in [4.69, 9.17) is 4.63 Å². The molecule has 0 amide bonds. The Hall–Kier alpha value is -2.70. The Morgan fingerprint density at radius 2 is 2.14 bits per heavy atom. The Bertz CT molecular complexity index is 752. The second-order valence-electron chi connectivity index (χ2n) is 5.78.